The number of aromatic nitrogens is 1. The van der Waals surface area contributed by atoms with Crippen molar-refractivity contribution in [2.24, 2.45) is 0 Å². The molecule has 9 heteroatoms. The molecule has 2 amide bonds. The van der Waals surface area contributed by atoms with Crippen molar-refractivity contribution in [3.05, 3.63) is 65.6 Å². The van der Waals surface area contributed by atoms with E-state index in [1.807, 2.05) is 41.3 Å². The largest absolute Gasteiger partial charge is 0.492 e. The van der Waals surface area contributed by atoms with Gasteiger partial charge in [-0.1, -0.05) is 18.2 Å². The molecular weight excluding hydrogens is 463 g/mol. The molecule has 36 heavy (non-hydrogen) atoms. The average Bonchev–Trinajstić information content (AvgIpc) is 3.46. The molecule has 190 valence electrons. The number of amides is 2. The monoisotopic (exact) mass is 494 g/mol. The lowest BCUT2D eigenvalue weighted by atomic mass is 9.84. The summed E-state index contributed by atoms with van der Waals surface area (Å²) in [6, 6.07) is 14.2. The number of nitrogens with zero attached hydrogens (tertiary/aromatic N) is 2. The van der Waals surface area contributed by atoms with Crippen molar-refractivity contribution in [3.8, 4) is 5.75 Å². The molecule has 1 spiro atoms. The van der Waals surface area contributed by atoms with Crippen LogP contribution in [0.1, 0.15) is 24.6 Å². The molecule has 3 heterocycles. The Kier molecular flexibility index (Phi) is 6.82. The molecule has 1 fully saturated rings. The molecule has 1 aromatic heterocycles. The van der Waals surface area contributed by atoms with Crippen molar-refractivity contribution in [1.29, 1.82) is 0 Å². The molecule has 2 N–H and O–H groups in total. The molecule has 0 bridgehead atoms. The SMILES string of the molecule is CCOC(=O)CNC(=O)N1CCc2c([nH]c3cc(F)ccc23)C12CCN(CCOc1ccccc1)C2. The zero-order valence-corrected chi connectivity index (χ0v) is 20.4. The van der Waals surface area contributed by atoms with Crippen LogP contribution in [0.25, 0.3) is 10.9 Å². The Morgan fingerprint density at radius 3 is 2.81 bits per heavy atom. The van der Waals surface area contributed by atoms with Crippen LogP contribution in [0.15, 0.2) is 48.5 Å². The molecule has 3 aromatic rings. The minimum absolute atomic E-state index is 0.182. The number of H-pyrrole nitrogens is 1. The van der Waals surface area contributed by atoms with E-state index in [0.29, 0.717) is 39.1 Å². The van der Waals surface area contributed by atoms with Crippen LogP contribution in [0.3, 0.4) is 0 Å². The van der Waals surface area contributed by atoms with Gasteiger partial charge in [-0.2, -0.15) is 0 Å². The number of rotatable bonds is 7. The normalized spacial score (nSPS) is 19.4. The summed E-state index contributed by atoms with van der Waals surface area (Å²) in [5.74, 6) is 0.0547. The van der Waals surface area contributed by atoms with E-state index >= 15 is 0 Å². The molecular formula is C27H31FN4O4. The topological polar surface area (TPSA) is 86.9 Å². The lowest BCUT2D eigenvalue weighted by Crippen LogP contribution is -2.58. The standard InChI is InChI=1S/C27H31FN4O4/c1-2-35-24(33)17-29-26(34)32-12-10-22-21-9-8-19(28)16-23(21)30-25(22)27(32)11-13-31(18-27)14-15-36-20-6-4-3-5-7-20/h3-9,16,30H,2,10-15,17-18H2,1H3,(H,29,34). The summed E-state index contributed by atoms with van der Waals surface area (Å²) in [4.78, 5) is 32.8. The molecule has 1 unspecified atom stereocenters. The molecule has 2 aromatic carbocycles. The zero-order chi connectivity index (χ0) is 25.1. The Morgan fingerprint density at radius 1 is 1.17 bits per heavy atom. The van der Waals surface area contributed by atoms with Gasteiger partial charge < -0.3 is 24.7 Å². The fourth-order valence-corrected chi connectivity index (χ4v) is 5.50. The number of aromatic amines is 1. The zero-order valence-electron chi connectivity index (χ0n) is 20.4. The summed E-state index contributed by atoms with van der Waals surface area (Å²) in [6.07, 6.45) is 1.36. The molecule has 0 radical (unpaired) electrons. The summed E-state index contributed by atoms with van der Waals surface area (Å²) in [6.45, 7) is 4.94. The molecule has 0 aliphatic carbocycles. The number of para-hydroxylation sites is 1. The van der Waals surface area contributed by atoms with Crippen LogP contribution in [0.5, 0.6) is 5.75 Å². The number of carbonyl (C=O) groups is 2. The molecule has 8 nitrogen and oxygen atoms in total. The van der Waals surface area contributed by atoms with E-state index in [0.717, 1.165) is 34.5 Å². The second-order valence-electron chi connectivity index (χ2n) is 9.25. The van der Waals surface area contributed by atoms with Gasteiger partial charge in [0.1, 0.15) is 24.7 Å². The average molecular weight is 495 g/mol. The quantitative estimate of drug-likeness (QED) is 0.492. The van der Waals surface area contributed by atoms with Gasteiger partial charge in [0.15, 0.2) is 0 Å². The number of benzene rings is 2. The molecule has 1 saturated heterocycles. The highest BCUT2D eigenvalue weighted by Gasteiger charge is 2.51. The van der Waals surface area contributed by atoms with Gasteiger partial charge in [-0.15, -0.1) is 0 Å². The number of likely N-dealkylation sites (tertiary alicyclic amines) is 1. The van der Waals surface area contributed by atoms with E-state index in [-0.39, 0.29) is 25.0 Å². The summed E-state index contributed by atoms with van der Waals surface area (Å²) in [5, 5.41) is 3.73. The summed E-state index contributed by atoms with van der Waals surface area (Å²) in [7, 11) is 0. The number of urea groups is 1. The van der Waals surface area contributed by atoms with Gasteiger partial charge in [0.05, 0.1) is 12.1 Å². The van der Waals surface area contributed by atoms with Gasteiger partial charge >= 0.3 is 12.0 Å². The maximum absolute atomic E-state index is 14.0. The van der Waals surface area contributed by atoms with Crippen LogP contribution >= 0.6 is 0 Å². The van der Waals surface area contributed by atoms with Gasteiger partial charge in [-0.25, -0.2) is 9.18 Å². The van der Waals surface area contributed by atoms with Crippen LogP contribution < -0.4 is 10.1 Å². The van der Waals surface area contributed by atoms with Gasteiger partial charge in [0, 0.05) is 42.8 Å². The first-order valence-electron chi connectivity index (χ1n) is 12.4. The number of halogens is 1. The van der Waals surface area contributed by atoms with Crippen LogP contribution in [0, 0.1) is 5.82 Å². The smallest absolute Gasteiger partial charge is 0.325 e. The first kappa shape index (κ1) is 24.1. The van der Waals surface area contributed by atoms with Crippen LogP contribution in [0.4, 0.5) is 9.18 Å². The lowest BCUT2D eigenvalue weighted by molar-refractivity contribution is -0.141. The molecule has 5 rings (SSSR count). The minimum atomic E-state index is -0.616. The van der Waals surface area contributed by atoms with E-state index in [1.54, 1.807) is 6.92 Å². The number of hydrogen-bond acceptors (Lipinski definition) is 5. The highest BCUT2D eigenvalue weighted by molar-refractivity contribution is 5.87. The predicted octanol–water partition coefficient (Wildman–Crippen LogP) is 3.42. The highest BCUT2D eigenvalue weighted by Crippen LogP contribution is 2.44. The Balaban J connectivity index is 1.39. The van der Waals surface area contributed by atoms with Crippen molar-refractivity contribution in [1.82, 2.24) is 20.1 Å². The fraction of sp³-hybridized carbons (Fsp3) is 0.407. The Morgan fingerprint density at radius 2 is 2.00 bits per heavy atom. The van der Waals surface area contributed by atoms with Crippen LogP contribution in [-0.4, -0.2) is 72.7 Å². The third kappa shape index (κ3) is 4.63. The second-order valence-corrected chi connectivity index (χ2v) is 9.25. The summed E-state index contributed by atoms with van der Waals surface area (Å²) >= 11 is 0. The van der Waals surface area contributed by atoms with Crippen molar-refractivity contribution in [3.63, 3.8) is 0 Å². The molecule has 1 atom stereocenters. The van der Waals surface area contributed by atoms with E-state index < -0.39 is 11.5 Å². The van der Waals surface area contributed by atoms with Gasteiger partial charge in [-0.05, 0) is 55.7 Å². The number of hydrogen-bond donors (Lipinski definition) is 2. The van der Waals surface area contributed by atoms with Crippen LogP contribution in [-0.2, 0) is 21.5 Å². The second kappa shape index (κ2) is 10.2. The maximum Gasteiger partial charge on any atom is 0.325 e. The molecule has 0 saturated carbocycles. The Labute approximate surface area is 209 Å². The predicted molar refractivity (Wildman–Crippen MR) is 133 cm³/mol. The van der Waals surface area contributed by atoms with Gasteiger partial charge in [0.2, 0.25) is 0 Å². The number of carbonyl (C=O) groups excluding carboxylic acids is 2. The maximum atomic E-state index is 14.0. The Hall–Kier alpha value is -3.59. The first-order valence-corrected chi connectivity index (χ1v) is 12.4. The number of ether oxygens (including phenoxy) is 2. The van der Waals surface area contributed by atoms with Gasteiger partial charge in [-0.3, -0.25) is 9.69 Å². The van der Waals surface area contributed by atoms with Gasteiger partial charge in [0.25, 0.3) is 0 Å². The minimum Gasteiger partial charge on any atom is -0.492 e. The number of nitrogens with one attached hydrogen (secondary N) is 2. The van der Waals surface area contributed by atoms with Crippen molar-refractivity contribution < 1.29 is 23.5 Å². The van der Waals surface area contributed by atoms with E-state index in [1.165, 1.54) is 12.1 Å². The molecule has 2 aliphatic heterocycles. The fourth-order valence-electron chi connectivity index (χ4n) is 5.50. The summed E-state index contributed by atoms with van der Waals surface area (Å²) < 4.78 is 24.9. The third-order valence-electron chi connectivity index (χ3n) is 7.12. The summed E-state index contributed by atoms with van der Waals surface area (Å²) in [5.41, 5.74) is 2.20. The lowest BCUT2D eigenvalue weighted by Gasteiger charge is -2.44. The van der Waals surface area contributed by atoms with E-state index in [4.69, 9.17) is 9.47 Å². The van der Waals surface area contributed by atoms with E-state index in [2.05, 4.69) is 15.2 Å². The van der Waals surface area contributed by atoms with E-state index in [9.17, 15) is 14.0 Å². The number of esters is 1. The number of fused-ring (bicyclic) bond motifs is 4. The third-order valence-corrected chi connectivity index (χ3v) is 7.12. The van der Waals surface area contributed by atoms with Crippen molar-refractivity contribution >= 4 is 22.9 Å². The first-order chi connectivity index (χ1) is 17.5. The highest BCUT2D eigenvalue weighted by atomic mass is 19.1. The van der Waals surface area contributed by atoms with Crippen molar-refractivity contribution in [2.75, 3.05) is 45.9 Å². The molecule has 2 aliphatic rings. The van der Waals surface area contributed by atoms with Crippen molar-refractivity contribution in [2.45, 2.75) is 25.3 Å². The van der Waals surface area contributed by atoms with Crippen LogP contribution in [0.2, 0.25) is 0 Å². The Bertz CT molecular complexity index is 1250.